The van der Waals surface area contributed by atoms with Gasteiger partial charge in [-0.15, -0.1) is 0 Å². The van der Waals surface area contributed by atoms with Gasteiger partial charge in [0.15, 0.2) is 0 Å². The highest BCUT2D eigenvalue weighted by atomic mass is 16.5. The van der Waals surface area contributed by atoms with Crippen LogP contribution in [0.4, 0.5) is 0 Å². The number of amidine groups is 1. The summed E-state index contributed by atoms with van der Waals surface area (Å²) in [5.74, 6) is 0.722. The molecule has 0 heterocycles. The van der Waals surface area contributed by atoms with Crippen LogP contribution < -0.4 is 10.5 Å². The van der Waals surface area contributed by atoms with E-state index < -0.39 is 0 Å². The normalized spacial score (nSPS) is 12.8. The van der Waals surface area contributed by atoms with Gasteiger partial charge in [-0.25, -0.2) is 0 Å². The van der Waals surface area contributed by atoms with Crippen LogP contribution in [-0.4, -0.2) is 42.0 Å². The Morgan fingerprint density at radius 3 is 2.52 bits per heavy atom. The van der Waals surface area contributed by atoms with Crippen LogP contribution in [0, 0.1) is 5.92 Å². The van der Waals surface area contributed by atoms with E-state index in [1.54, 1.807) is 12.0 Å². The molecule has 3 N–H and O–H groups in total. The highest BCUT2D eigenvalue weighted by Crippen LogP contribution is 2.13. The number of likely N-dealkylation sites (N-methyl/N-ethyl adjacent to an activating group) is 1. The summed E-state index contributed by atoms with van der Waals surface area (Å²) < 4.78 is 5.09. The minimum Gasteiger partial charge on any atom is -0.497 e. The number of ether oxygens (including phenoxy) is 1. The van der Waals surface area contributed by atoms with Crippen molar-refractivity contribution in [2.45, 2.75) is 20.3 Å². The first-order chi connectivity index (χ1) is 10.0. The van der Waals surface area contributed by atoms with Crippen LogP contribution in [0.1, 0.15) is 19.4 Å². The molecule has 1 amide bonds. The van der Waals surface area contributed by atoms with Crippen LogP contribution in [0.5, 0.6) is 5.75 Å². The molecule has 1 aromatic carbocycles. The number of methoxy groups -OCH3 is 1. The van der Waals surface area contributed by atoms with Gasteiger partial charge in [-0.05, 0) is 24.6 Å². The first kappa shape index (κ1) is 16.8. The first-order valence-corrected chi connectivity index (χ1v) is 6.89. The molecule has 0 aromatic heterocycles. The molecular formula is C15H23N3O3. The third-order valence-electron chi connectivity index (χ3n) is 3.36. The quantitative estimate of drug-likeness (QED) is 0.345. The topological polar surface area (TPSA) is 88.1 Å². The van der Waals surface area contributed by atoms with Crippen molar-refractivity contribution in [3.05, 3.63) is 29.8 Å². The van der Waals surface area contributed by atoms with Gasteiger partial charge >= 0.3 is 0 Å². The predicted molar refractivity (Wildman–Crippen MR) is 81.5 cm³/mol. The third-order valence-corrected chi connectivity index (χ3v) is 3.36. The van der Waals surface area contributed by atoms with Crippen molar-refractivity contribution >= 4 is 11.7 Å². The third kappa shape index (κ3) is 4.98. The van der Waals surface area contributed by atoms with Crippen molar-refractivity contribution in [1.82, 2.24) is 4.90 Å². The molecule has 6 nitrogen and oxygen atoms in total. The summed E-state index contributed by atoms with van der Waals surface area (Å²) in [5.41, 5.74) is 6.48. The van der Waals surface area contributed by atoms with Crippen molar-refractivity contribution in [2.24, 2.45) is 16.8 Å². The summed E-state index contributed by atoms with van der Waals surface area (Å²) in [5, 5.41) is 11.6. The van der Waals surface area contributed by atoms with Crippen LogP contribution in [0.3, 0.4) is 0 Å². The number of nitrogens with zero attached hydrogens (tertiary/aromatic N) is 2. The Labute approximate surface area is 125 Å². The van der Waals surface area contributed by atoms with Crippen molar-refractivity contribution in [3.63, 3.8) is 0 Å². The lowest BCUT2D eigenvalue weighted by Gasteiger charge is -2.24. The highest BCUT2D eigenvalue weighted by Gasteiger charge is 2.17. The summed E-state index contributed by atoms with van der Waals surface area (Å²) in [7, 11) is 1.60. The second-order valence-electron chi connectivity index (χ2n) is 4.88. The molecule has 116 valence electrons. The molecule has 0 saturated heterocycles. The van der Waals surface area contributed by atoms with Crippen molar-refractivity contribution in [3.8, 4) is 5.75 Å². The maximum atomic E-state index is 12.3. The number of rotatable bonds is 7. The van der Waals surface area contributed by atoms with Gasteiger partial charge in [-0.1, -0.05) is 24.2 Å². The summed E-state index contributed by atoms with van der Waals surface area (Å²) in [4.78, 5) is 14.0. The van der Waals surface area contributed by atoms with E-state index in [9.17, 15) is 4.79 Å². The van der Waals surface area contributed by atoms with Gasteiger partial charge in [0.2, 0.25) is 5.91 Å². The predicted octanol–water partition coefficient (Wildman–Crippen LogP) is 1.47. The average Bonchev–Trinajstić information content (AvgIpc) is 2.51. The number of nitrogens with two attached hydrogens (primary N) is 1. The summed E-state index contributed by atoms with van der Waals surface area (Å²) in [6.07, 6.45) is 0.320. The van der Waals surface area contributed by atoms with Crippen LogP contribution in [-0.2, 0) is 11.2 Å². The van der Waals surface area contributed by atoms with E-state index in [4.69, 9.17) is 15.7 Å². The molecule has 0 aliphatic carbocycles. The number of hydrogen-bond donors (Lipinski definition) is 2. The Balaban J connectivity index is 2.65. The molecule has 0 fully saturated rings. The Bertz CT molecular complexity index is 485. The van der Waals surface area contributed by atoms with Crippen LogP contribution >= 0.6 is 0 Å². The number of hydrogen-bond acceptors (Lipinski definition) is 4. The molecule has 0 radical (unpaired) electrons. The van der Waals surface area contributed by atoms with Gasteiger partial charge < -0.3 is 20.6 Å². The molecule has 0 saturated carbocycles. The molecule has 21 heavy (non-hydrogen) atoms. The van der Waals surface area contributed by atoms with Gasteiger partial charge in [0.25, 0.3) is 0 Å². The minimum atomic E-state index is -0.185. The Morgan fingerprint density at radius 2 is 2.05 bits per heavy atom. The molecule has 0 spiro atoms. The number of oxime groups is 1. The summed E-state index contributed by atoms with van der Waals surface area (Å²) in [6, 6.07) is 7.41. The lowest BCUT2D eigenvalue weighted by molar-refractivity contribution is -0.130. The molecule has 0 bridgehead atoms. The average molecular weight is 293 g/mol. The molecule has 0 aliphatic rings. The molecule has 1 aromatic rings. The number of carbonyl (C=O) groups is 1. The van der Waals surface area contributed by atoms with Gasteiger partial charge in [0, 0.05) is 19.0 Å². The molecular weight excluding hydrogens is 270 g/mol. The van der Waals surface area contributed by atoms with E-state index in [0.717, 1.165) is 11.3 Å². The smallest absolute Gasteiger partial charge is 0.227 e. The first-order valence-electron chi connectivity index (χ1n) is 6.89. The number of amides is 1. The van der Waals surface area contributed by atoms with Crippen molar-refractivity contribution in [2.75, 3.05) is 20.2 Å². The largest absolute Gasteiger partial charge is 0.497 e. The van der Waals surface area contributed by atoms with Crippen LogP contribution in [0.25, 0.3) is 0 Å². The number of benzene rings is 1. The minimum absolute atomic E-state index is 0.0141. The fraction of sp³-hybridized carbons (Fsp3) is 0.467. The molecule has 1 unspecified atom stereocenters. The maximum Gasteiger partial charge on any atom is 0.227 e. The Kier molecular flexibility index (Phi) is 6.52. The van der Waals surface area contributed by atoms with E-state index in [1.165, 1.54) is 0 Å². The maximum absolute atomic E-state index is 12.3. The number of carbonyl (C=O) groups excluding carboxylic acids is 1. The second-order valence-corrected chi connectivity index (χ2v) is 4.88. The second kappa shape index (κ2) is 8.14. The van der Waals surface area contributed by atoms with E-state index in [2.05, 4.69) is 5.16 Å². The van der Waals surface area contributed by atoms with E-state index >= 15 is 0 Å². The van der Waals surface area contributed by atoms with Gasteiger partial charge in [0.05, 0.1) is 13.5 Å². The summed E-state index contributed by atoms with van der Waals surface area (Å²) in [6.45, 7) is 4.74. The van der Waals surface area contributed by atoms with Crippen LogP contribution in [0.15, 0.2) is 29.4 Å². The highest BCUT2D eigenvalue weighted by molar-refractivity contribution is 5.83. The van der Waals surface area contributed by atoms with E-state index in [-0.39, 0.29) is 17.7 Å². The standard InChI is InChI=1S/C15H23N3O3/c1-4-18(10-11(2)15(16)17-20)14(19)9-12-5-7-13(21-3)8-6-12/h5-8,11,20H,4,9-10H2,1-3H3,(H2,16,17). The zero-order valence-electron chi connectivity index (χ0n) is 12.7. The molecule has 1 rings (SSSR count). The van der Waals surface area contributed by atoms with Gasteiger partial charge in [-0.3, -0.25) is 4.79 Å². The fourth-order valence-corrected chi connectivity index (χ4v) is 1.96. The lowest BCUT2D eigenvalue weighted by atomic mass is 10.1. The Hall–Kier alpha value is -2.24. The molecule has 0 aliphatic heterocycles. The van der Waals surface area contributed by atoms with Crippen molar-refractivity contribution < 1.29 is 14.7 Å². The molecule has 6 heteroatoms. The van der Waals surface area contributed by atoms with E-state index in [1.807, 2.05) is 38.1 Å². The summed E-state index contributed by atoms with van der Waals surface area (Å²) >= 11 is 0. The van der Waals surface area contributed by atoms with E-state index in [0.29, 0.717) is 19.5 Å². The van der Waals surface area contributed by atoms with Gasteiger partial charge in [-0.2, -0.15) is 0 Å². The lowest BCUT2D eigenvalue weighted by Crippen LogP contribution is -2.39. The Morgan fingerprint density at radius 1 is 1.43 bits per heavy atom. The SMILES string of the molecule is CCN(CC(C)C(N)=NO)C(=O)Cc1ccc(OC)cc1. The zero-order valence-corrected chi connectivity index (χ0v) is 12.7. The molecule has 1 atom stereocenters. The van der Waals surface area contributed by atoms with Crippen molar-refractivity contribution in [1.29, 1.82) is 0 Å². The van der Waals surface area contributed by atoms with Gasteiger partial charge in [0.1, 0.15) is 11.6 Å². The zero-order chi connectivity index (χ0) is 15.8. The van der Waals surface area contributed by atoms with Crippen LogP contribution in [0.2, 0.25) is 0 Å². The monoisotopic (exact) mass is 293 g/mol. The fourth-order valence-electron chi connectivity index (χ4n) is 1.96.